The molecule has 10 heavy (non-hydrogen) atoms. The third-order valence-corrected chi connectivity index (χ3v) is 1.63. The van der Waals surface area contributed by atoms with Gasteiger partial charge in [-0.25, -0.2) is 0 Å². The molecule has 4 nitrogen and oxygen atoms in total. The van der Waals surface area contributed by atoms with Gasteiger partial charge in [-0.3, -0.25) is 9.78 Å². The van der Waals surface area contributed by atoms with Gasteiger partial charge in [0, 0.05) is 7.05 Å². The van der Waals surface area contributed by atoms with E-state index in [1.54, 1.807) is 10.9 Å². The van der Waals surface area contributed by atoms with Crippen LogP contribution in [0.3, 0.4) is 0 Å². The van der Waals surface area contributed by atoms with Crippen molar-refractivity contribution in [3.05, 3.63) is 11.9 Å². The van der Waals surface area contributed by atoms with Crippen molar-refractivity contribution in [1.82, 2.24) is 20.0 Å². The standard InChI is InChI=1S/C6H8N4/c1-4-5-3-7-8-6(5)10(2)9-4/h3H,1-2H3,(H,7,8). The normalized spacial score (nSPS) is 11.0. The Kier molecular flexibility index (Phi) is 0.869. The number of rotatable bonds is 0. The first kappa shape index (κ1) is 5.46. The van der Waals surface area contributed by atoms with Gasteiger partial charge in [0.15, 0.2) is 5.65 Å². The van der Waals surface area contributed by atoms with Crippen LogP contribution in [0.25, 0.3) is 11.0 Å². The number of fused-ring (bicyclic) bond motifs is 1. The Bertz CT molecular complexity index is 325. The summed E-state index contributed by atoms with van der Waals surface area (Å²) in [7, 11) is 1.90. The van der Waals surface area contributed by atoms with Gasteiger partial charge >= 0.3 is 0 Å². The molecule has 0 radical (unpaired) electrons. The zero-order valence-corrected chi connectivity index (χ0v) is 5.92. The van der Waals surface area contributed by atoms with Crippen LogP contribution in [0.1, 0.15) is 5.69 Å². The number of hydrogen-bond acceptors (Lipinski definition) is 2. The Morgan fingerprint density at radius 3 is 3.10 bits per heavy atom. The maximum Gasteiger partial charge on any atom is 0.153 e. The number of aromatic nitrogens is 4. The van der Waals surface area contributed by atoms with Gasteiger partial charge in [-0.1, -0.05) is 0 Å². The zero-order chi connectivity index (χ0) is 7.14. The molecule has 0 aliphatic heterocycles. The molecule has 52 valence electrons. The highest BCUT2D eigenvalue weighted by Gasteiger charge is 2.03. The molecule has 0 unspecified atom stereocenters. The molecule has 2 aromatic heterocycles. The van der Waals surface area contributed by atoms with Crippen LogP contribution in [0.5, 0.6) is 0 Å². The molecular weight excluding hydrogens is 128 g/mol. The molecule has 0 bridgehead atoms. The first-order valence-corrected chi connectivity index (χ1v) is 3.11. The molecule has 0 amide bonds. The maximum absolute atomic E-state index is 4.20. The summed E-state index contributed by atoms with van der Waals surface area (Å²) in [4.78, 5) is 0. The molecule has 2 rings (SSSR count). The van der Waals surface area contributed by atoms with Crippen LogP contribution in [0.15, 0.2) is 6.20 Å². The number of nitrogens with zero attached hydrogens (tertiary/aromatic N) is 3. The molecular formula is C6H8N4. The largest absolute Gasteiger partial charge is 0.261 e. The highest BCUT2D eigenvalue weighted by Crippen LogP contribution is 2.12. The van der Waals surface area contributed by atoms with Crippen LogP contribution in [-0.2, 0) is 7.05 Å². The Labute approximate surface area is 57.8 Å². The fourth-order valence-corrected chi connectivity index (χ4v) is 1.12. The average molecular weight is 136 g/mol. The molecule has 0 aliphatic carbocycles. The second kappa shape index (κ2) is 1.59. The van der Waals surface area contributed by atoms with E-state index in [1.165, 1.54) is 0 Å². The number of nitrogens with one attached hydrogen (secondary N) is 1. The fourth-order valence-electron chi connectivity index (χ4n) is 1.12. The van der Waals surface area contributed by atoms with Crippen LogP contribution < -0.4 is 0 Å². The van der Waals surface area contributed by atoms with E-state index in [0.29, 0.717) is 0 Å². The van der Waals surface area contributed by atoms with E-state index in [0.717, 1.165) is 16.7 Å². The minimum absolute atomic E-state index is 0.984. The van der Waals surface area contributed by atoms with Crippen LogP contribution in [0.4, 0.5) is 0 Å². The van der Waals surface area contributed by atoms with Crippen LogP contribution >= 0.6 is 0 Å². The fraction of sp³-hybridized carbons (Fsp3) is 0.333. The van der Waals surface area contributed by atoms with Crippen LogP contribution in [0, 0.1) is 6.92 Å². The number of aryl methyl sites for hydroxylation is 2. The van der Waals surface area contributed by atoms with Crippen molar-refractivity contribution in [2.45, 2.75) is 6.92 Å². The van der Waals surface area contributed by atoms with Crippen molar-refractivity contribution in [3.8, 4) is 0 Å². The molecule has 2 aromatic rings. The molecule has 0 atom stereocenters. The smallest absolute Gasteiger partial charge is 0.153 e. The van der Waals surface area contributed by atoms with E-state index in [2.05, 4.69) is 15.3 Å². The summed E-state index contributed by atoms with van der Waals surface area (Å²) in [5.41, 5.74) is 2.00. The average Bonchev–Trinajstić information content (AvgIpc) is 2.39. The zero-order valence-electron chi connectivity index (χ0n) is 5.92. The highest BCUT2D eigenvalue weighted by molar-refractivity contribution is 5.76. The van der Waals surface area contributed by atoms with E-state index < -0.39 is 0 Å². The summed E-state index contributed by atoms with van der Waals surface area (Å²) in [5, 5.41) is 12.1. The Morgan fingerprint density at radius 1 is 1.60 bits per heavy atom. The molecule has 2 heterocycles. The van der Waals surface area contributed by atoms with Crippen LogP contribution in [0.2, 0.25) is 0 Å². The second-order valence-electron chi connectivity index (χ2n) is 2.34. The predicted molar refractivity (Wildman–Crippen MR) is 37.6 cm³/mol. The molecule has 0 aromatic carbocycles. The third-order valence-electron chi connectivity index (χ3n) is 1.63. The topological polar surface area (TPSA) is 46.5 Å². The Balaban J connectivity index is 2.98. The molecule has 0 fully saturated rings. The van der Waals surface area contributed by atoms with Gasteiger partial charge in [0.2, 0.25) is 0 Å². The van der Waals surface area contributed by atoms with Crippen molar-refractivity contribution < 1.29 is 0 Å². The van der Waals surface area contributed by atoms with Gasteiger partial charge in [-0.15, -0.1) is 0 Å². The maximum atomic E-state index is 4.20. The van der Waals surface area contributed by atoms with E-state index in [9.17, 15) is 0 Å². The summed E-state index contributed by atoms with van der Waals surface area (Å²) >= 11 is 0. The van der Waals surface area contributed by atoms with Crippen molar-refractivity contribution >= 4 is 11.0 Å². The van der Waals surface area contributed by atoms with Gasteiger partial charge in [-0.05, 0) is 6.92 Å². The second-order valence-corrected chi connectivity index (χ2v) is 2.34. The highest BCUT2D eigenvalue weighted by atomic mass is 15.3. The van der Waals surface area contributed by atoms with E-state index in [-0.39, 0.29) is 0 Å². The molecule has 1 N–H and O–H groups in total. The van der Waals surface area contributed by atoms with E-state index >= 15 is 0 Å². The van der Waals surface area contributed by atoms with Crippen molar-refractivity contribution in [2.24, 2.45) is 7.05 Å². The molecule has 4 heteroatoms. The summed E-state index contributed by atoms with van der Waals surface area (Å²) in [6.45, 7) is 1.97. The van der Waals surface area contributed by atoms with Gasteiger partial charge in [0.25, 0.3) is 0 Å². The van der Waals surface area contributed by atoms with E-state index in [1.807, 2.05) is 14.0 Å². The van der Waals surface area contributed by atoms with Gasteiger partial charge in [-0.2, -0.15) is 10.2 Å². The minimum atomic E-state index is 0.984. The lowest BCUT2D eigenvalue weighted by molar-refractivity contribution is 0.767. The van der Waals surface area contributed by atoms with Gasteiger partial charge in [0.05, 0.1) is 17.3 Å². The van der Waals surface area contributed by atoms with E-state index in [4.69, 9.17) is 0 Å². The number of aromatic amines is 1. The quantitative estimate of drug-likeness (QED) is 0.576. The Hall–Kier alpha value is -1.32. The monoisotopic (exact) mass is 136 g/mol. The lowest BCUT2D eigenvalue weighted by Gasteiger charge is -1.84. The lowest BCUT2D eigenvalue weighted by atomic mass is 10.3. The minimum Gasteiger partial charge on any atom is -0.261 e. The van der Waals surface area contributed by atoms with Crippen molar-refractivity contribution in [3.63, 3.8) is 0 Å². The van der Waals surface area contributed by atoms with Crippen LogP contribution in [-0.4, -0.2) is 20.0 Å². The number of hydrogen-bond donors (Lipinski definition) is 1. The molecule has 0 saturated carbocycles. The summed E-state index contributed by atoms with van der Waals surface area (Å²) in [6, 6.07) is 0. The molecule has 0 saturated heterocycles. The first-order valence-electron chi connectivity index (χ1n) is 3.11. The Morgan fingerprint density at radius 2 is 2.40 bits per heavy atom. The predicted octanol–water partition coefficient (Wildman–Crippen LogP) is 0.605. The third kappa shape index (κ3) is 0.504. The lowest BCUT2D eigenvalue weighted by Crippen LogP contribution is -1.90. The molecule has 0 spiro atoms. The summed E-state index contributed by atoms with van der Waals surface area (Å²) < 4.78 is 1.79. The number of H-pyrrole nitrogens is 1. The summed E-state index contributed by atoms with van der Waals surface area (Å²) in [6.07, 6.45) is 1.79. The van der Waals surface area contributed by atoms with Crippen molar-refractivity contribution in [2.75, 3.05) is 0 Å². The SMILES string of the molecule is Cc1nn(C)c2[nH]ncc12. The van der Waals surface area contributed by atoms with Gasteiger partial charge in [0.1, 0.15) is 0 Å². The summed E-state index contributed by atoms with van der Waals surface area (Å²) in [5.74, 6) is 0. The van der Waals surface area contributed by atoms with Gasteiger partial charge < -0.3 is 0 Å². The van der Waals surface area contributed by atoms with Crippen molar-refractivity contribution in [1.29, 1.82) is 0 Å². The first-order chi connectivity index (χ1) is 4.79. The molecule has 0 aliphatic rings.